The van der Waals surface area contributed by atoms with E-state index in [2.05, 4.69) is 49.2 Å². The third-order valence-electron chi connectivity index (χ3n) is 6.39. The fourth-order valence-corrected chi connectivity index (χ4v) is 4.68. The van der Waals surface area contributed by atoms with E-state index in [0.717, 1.165) is 83.1 Å². The molecule has 7 nitrogen and oxygen atoms in total. The fourth-order valence-electron chi connectivity index (χ4n) is 4.68. The highest BCUT2D eigenvalue weighted by Gasteiger charge is 2.27. The zero-order valence-electron chi connectivity index (χ0n) is 17.5. The zero-order valence-corrected chi connectivity index (χ0v) is 18.3. The van der Waals surface area contributed by atoms with Gasteiger partial charge in [-0.05, 0) is 56.5 Å². The average molecular weight is 434 g/mol. The van der Waals surface area contributed by atoms with Crippen LogP contribution in [0.25, 0.3) is 0 Å². The van der Waals surface area contributed by atoms with Gasteiger partial charge in [0.25, 0.3) is 0 Å². The Labute approximate surface area is 184 Å². The molecule has 3 aliphatic heterocycles. The predicted molar refractivity (Wildman–Crippen MR) is 117 cm³/mol. The van der Waals surface area contributed by atoms with Crippen LogP contribution < -0.4 is 10.1 Å². The molecule has 0 saturated carbocycles. The lowest BCUT2D eigenvalue weighted by Gasteiger charge is -2.32. The van der Waals surface area contributed by atoms with Gasteiger partial charge >= 0.3 is 0 Å². The molecule has 30 heavy (non-hydrogen) atoms. The van der Waals surface area contributed by atoms with Gasteiger partial charge in [-0.3, -0.25) is 4.90 Å². The van der Waals surface area contributed by atoms with Gasteiger partial charge in [-0.15, -0.1) is 22.6 Å². The van der Waals surface area contributed by atoms with Crippen molar-refractivity contribution in [3.8, 4) is 5.75 Å². The van der Waals surface area contributed by atoms with Gasteiger partial charge in [0, 0.05) is 32.2 Å². The van der Waals surface area contributed by atoms with Crippen LogP contribution in [0.1, 0.15) is 48.8 Å². The smallest absolute Gasteiger partial charge is 0.147 e. The Balaban J connectivity index is 0.00000218. The second kappa shape index (κ2) is 10.1. The lowest BCUT2D eigenvalue weighted by molar-refractivity contribution is 0.0679. The fraction of sp³-hybridized carbons (Fsp3) is 0.636. The van der Waals surface area contributed by atoms with E-state index in [1.54, 1.807) is 0 Å². The van der Waals surface area contributed by atoms with Crippen LogP contribution in [0.4, 0.5) is 0 Å². The first-order valence-electron chi connectivity index (χ1n) is 11.0. The average Bonchev–Trinajstić information content (AvgIpc) is 3.44. The van der Waals surface area contributed by atoms with E-state index < -0.39 is 0 Å². The Morgan fingerprint density at radius 2 is 1.90 bits per heavy atom. The molecule has 1 atom stereocenters. The van der Waals surface area contributed by atoms with Gasteiger partial charge in [0.05, 0.1) is 12.6 Å². The molecule has 1 aromatic carbocycles. The number of ether oxygens (including phenoxy) is 2. The lowest BCUT2D eigenvalue weighted by Crippen LogP contribution is -2.34. The monoisotopic (exact) mass is 433 g/mol. The number of nitrogens with one attached hydrogen (secondary N) is 1. The summed E-state index contributed by atoms with van der Waals surface area (Å²) < 4.78 is 13.8. The number of benzene rings is 1. The van der Waals surface area contributed by atoms with E-state index in [1.165, 1.54) is 11.4 Å². The van der Waals surface area contributed by atoms with Crippen LogP contribution in [-0.2, 0) is 24.4 Å². The molecule has 164 valence electrons. The van der Waals surface area contributed by atoms with E-state index in [1.807, 2.05) is 0 Å². The molecule has 0 radical (unpaired) electrons. The lowest BCUT2D eigenvalue weighted by atomic mass is 9.95. The second-order valence-corrected chi connectivity index (χ2v) is 8.44. The minimum Gasteiger partial charge on any atom is -0.491 e. The maximum Gasteiger partial charge on any atom is 0.147 e. The molecular formula is C22H32ClN5O2. The molecule has 1 aromatic heterocycles. The Morgan fingerprint density at radius 1 is 1.07 bits per heavy atom. The highest BCUT2D eigenvalue weighted by molar-refractivity contribution is 5.85. The van der Waals surface area contributed by atoms with E-state index in [-0.39, 0.29) is 18.5 Å². The number of likely N-dealkylation sites (tertiary alicyclic amines) is 1. The van der Waals surface area contributed by atoms with E-state index in [4.69, 9.17) is 9.47 Å². The van der Waals surface area contributed by atoms with Crippen molar-refractivity contribution in [1.82, 2.24) is 25.0 Å². The van der Waals surface area contributed by atoms with Crippen molar-refractivity contribution in [2.75, 3.05) is 32.8 Å². The number of fused-ring (bicyclic) bond motifs is 1. The Hall–Kier alpha value is -1.67. The van der Waals surface area contributed by atoms with Gasteiger partial charge in [-0.1, -0.05) is 12.1 Å². The number of aromatic nitrogens is 3. The summed E-state index contributed by atoms with van der Waals surface area (Å²) in [6.07, 6.45) is 4.86. The molecule has 1 unspecified atom stereocenters. The first kappa shape index (κ1) is 21.6. The van der Waals surface area contributed by atoms with Crippen LogP contribution in [0, 0.1) is 0 Å². The van der Waals surface area contributed by atoms with Gasteiger partial charge in [0.1, 0.15) is 24.0 Å². The maximum atomic E-state index is 5.88. The third-order valence-corrected chi connectivity index (χ3v) is 6.39. The molecule has 3 aliphatic rings. The quantitative estimate of drug-likeness (QED) is 0.755. The number of halogens is 1. The molecule has 0 spiro atoms. The van der Waals surface area contributed by atoms with E-state index >= 15 is 0 Å². The summed E-state index contributed by atoms with van der Waals surface area (Å²) in [6.45, 7) is 7.63. The maximum absolute atomic E-state index is 5.88. The van der Waals surface area contributed by atoms with Gasteiger partial charge in [0.2, 0.25) is 0 Å². The summed E-state index contributed by atoms with van der Waals surface area (Å²) in [7, 11) is 0. The molecule has 4 heterocycles. The van der Waals surface area contributed by atoms with E-state index in [9.17, 15) is 0 Å². The SMILES string of the molecule is Cl.c1cc(OCC2CCCO2)ccc1CN1CCC(c2nnc3n2CCNC3)CC1. The topological polar surface area (TPSA) is 64.4 Å². The molecule has 2 saturated heterocycles. The first-order chi connectivity index (χ1) is 14.3. The van der Waals surface area contributed by atoms with Crippen molar-refractivity contribution < 1.29 is 9.47 Å². The van der Waals surface area contributed by atoms with Crippen molar-refractivity contribution in [2.45, 2.75) is 57.3 Å². The highest BCUT2D eigenvalue weighted by atomic mass is 35.5. The van der Waals surface area contributed by atoms with Crippen LogP contribution in [-0.4, -0.2) is 58.6 Å². The summed E-state index contributed by atoms with van der Waals surface area (Å²) in [4.78, 5) is 2.55. The Morgan fingerprint density at radius 3 is 2.67 bits per heavy atom. The number of nitrogens with zero attached hydrogens (tertiary/aromatic N) is 4. The summed E-state index contributed by atoms with van der Waals surface area (Å²) in [5.41, 5.74) is 1.35. The number of rotatable bonds is 6. The van der Waals surface area contributed by atoms with Gasteiger partial charge in [-0.2, -0.15) is 0 Å². The molecule has 2 fully saturated rings. The molecule has 2 aromatic rings. The van der Waals surface area contributed by atoms with E-state index in [0.29, 0.717) is 12.5 Å². The Kier molecular flexibility index (Phi) is 7.25. The number of hydrogen-bond acceptors (Lipinski definition) is 6. The number of piperidine rings is 1. The van der Waals surface area contributed by atoms with Crippen LogP contribution in [0.15, 0.2) is 24.3 Å². The van der Waals surface area contributed by atoms with Crippen molar-refractivity contribution in [2.24, 2.45) is 0 Å². The van der Waals surface area contributed by atoms with Gasteiger partial charge in [0.15, 0.2) is 0 Å². The highest BCUT2D eigenvalue weighted by Crippen LogP contribution is 2.28. The molecule has 0 bridgehead atoms. The predicted octanol–water partition coefficient (Wildman–Crippen LogP) is 2.74. The number of hydrogen-bond donors (Lipinski definition) is 1. The van der Waals surface area contributed by atoms with Gasteiger partial charge in [-0.25, -0.2) is 0 Å². The van der Waals surface area contributed by atoms with Crippen LogP contribution in [0.3, 0.4) is 0 Å². The van der Waals surface area contributed by atoms with Crippen LogP contribution in [0.5, 0.6) is 5.75 Å². The molecular weight excluding hydrogens is 402 g/mol. The molecule has 0 amide bonds. The van der Waals surface area contributed by atoms with Crippen LogP contribution in [0.2, 0.25) is 0 Å². The molecule has 0 aliphatic carbocycles. The summed E-state index contributed by atoms with van der Waals surface area (Å²) in [5, 5.41) is 12.3. The minimum atomic E-state index is 0. The summed E-state index contributed by atoms with van der Waals surface area (Å²) in [6, 6.07) is 8.57. The van der Waals surface area contributed by atoms with Crippen molar-refractivity contribution >= 4 is 12.4 Å². The van der Waals surface area contributed by atoms with Crippen LogP contribution >= 0.6 is 12.4 Å². The van der Waals surface area contributed by atoms with Crippen molar-refractivity contribution in [1.29, 1.82) is 0 Å². The molecule has 5 rings (SSSR count). The standard InChI is InChI=1S/C22H31N5O2.ClH/c1-2-20(28-13-1)16-29-19-5-3-17(4-6-19)15-26-10-7-18(8-11-26)22-25-24-21-14-23-9-12-27(21)22;/h3-6,18,20,23H,1-2,7-16H2;1H. The molecule has 8 heteroatoms. The largest absolute Gasteiger partial charge is 0.491 e. The normalized spacial score (nSPS) is 22.5. The van der Waals surface area contributed by atoms with Crippen molar-refractivity contribution in [3.63, 3.8) is 0 Å². The minimum absolute atomic E-state index is 0. The first-order valence-corrected chi connectivity index (χ1v) is 11.0. The zero-order chi connectivity index (χ0) is 19.5. The van der Waals surface area contributed by atoms with Gasteiger partial charge < -0.3 is 19.4 Å². The summed E-state index contributed by atoms with van der Waals surface area (Å²) >= 11 is 0. The van der Waals surface area contributed by atoms with Crippen molar-refractivity contribution in [3.05, 3.63) is 41.5 Å². The Bertz CT molecular complexity index is 798. The second-order valence-electron chi connectivity index (χ2n) is 8.44. The molecule has 1 N–H and O–H groups in total. The summed E-state index contributed by atoms with van der Waals surface area (Å²) in [5.74, 6) is 3.78. The third kappa shape index (κ3) is 4.97.